The number of ether oxygens (including phenoxy) is 1. The number of nitrogens with zero attached hydrogens (tertiary/aromatic N) is 1. The van der Waals surface area contributed by atoms with Crippen LogP contribution in [0.25, 0.3) is 0 Å². The molecule has 2 rings (SSSR count). The number of piperazine rings is 1. The van der Waals surface area contributed by atoms with Gasteiger partial charge in [0.25, 0.3) is 0 Å². The van der Waals surface area contributed by atoms with Gasteiger partial charge in [-0.25, -0.2) is 0 Å². The number of hydrogen-bond donors (Lipinski definition) is 2. The largest absolute Gasteiger partial charge is 0.507 e. The lowest BCUT2D eigenvalue weighted by molar-refractivity contribution is 0.162. The van der Waals surface area contributed by atoms with Crippen molar-refractivity contribution in [3.8, 4) is 11.5 Å². The van der Waals surface area contributed by atoms with E-state index >= 15 is 0 Å². The van der Waals surface area contributed by atoms with E-state index in [-0.39, 0.29) is 0 Å². The minimum Gasteiger partial charge on any atom is -0.507 e. The summed E-state index contributed by atoms with van der Waals surface area (Å²) in [4.78, 5) is 2.46. The highest BCUT2D eigenvalue weighted by molar-refractivity contribution is 5.41. The van der Waals surface area contributed by atoms with Gasteiger partial charge in [0.05, 0.1) is 7.11 Å². The van der Waals surface area contributed by atoms with Crippen molar-refractivity contribution < 1.29 is 9.84 Å². The Balaban J connectivity index is 2.22. The molecule has 1 heterocycles. The van der Waals surface area contributed by atoms with Gasteiger partial charge in [-0.2, -0.15) is 0 Å². The summed E-state index contributed by atoms with van der Waals surface area (Å²) < 4.78 is 5.15. The molecule has 1 aromatic carbocycles. The number of methoxy groups -OCH3 is 1. The monoisotopic (exact) mass is 264 g/mol. The van der Waals surface area contributed by atoms with E-state index in [0.717, 1.165) is 44.6 Å². The number of nitrogens with one attached hydrogen (secondary N) is 1. The first kappa shape index (κ1) is 14.2. The molecule has 1 atom stereocenters. The van der Waals surface area contributed by atoms with Gasteiger partial charge in [-0.1, -0.05) is 19.4 Å². The molecule has 1 aromatic rings. The van der Waals surface area contributed by atoms with Gasteiger partial charge >= 0.3 is 0 Å². The molecule has 0 aliphatic carbocycles. The van der Waals surface area contributed by atoms with Crippen molar-refractivity contribution >= 4 is 0 Å². The van der Waals surface area contributed by atoms with E-state index in [1.807, 2.05) is 12.1 Å². The third-order valence-electron chi connectivity index (χ3n) is 3.75. The minimum atomic E-state index is 0.304. The number of benzene rings is 1. The van der Waals surface area contributed by atoms with Gasteiger partial charge in [0.2, 0.25) is 0 Å². The molecule has 1 fully saturated rings. The topological polar surface area (TPSA) is 44.7 Å². The second-order valence-corrected chi connectivity index (χ2v) is 5.02. The molecule has 1 aliphatic rings. The van der Waals surface area contributed by atoms with Gasteiger partial charge in [0, 0.05) is 43.9 Å². The Morgan fingerprint density at radius 1 is 1.37 bits per heavy atom. The van der Waals surface area contributed by atoms with Crippen molar-refractivity contribution in [3.05, 3.63) is 23.8 Å². The molecule has 0 bridgehead atoms. The molecule has 1 saturated heterocycles. The molecule has 4 heteroatoms. The van der Waals surface area contributed by atoms with Crippen molar-refractivity contribution in [2.75, 3.05) is 33.3 Å². The zero-order chi connectivity index (χ0) is 13.7. The predicted octanol–water partition coefficient (Wildman–Crippen LogP) is 2.15. The van der Waals surface area contributed by atoms with E-state index in [1.54, 1.807) is 13.2 Å². The SMILES string of the molecule is CCC[C@H](c1ccc(OC)cc1O)N1CCNCC1. The number of phenols is 1. The van der Waals surface area contributed by atoms with Gasteiger partial charge < -0.3 is 15.2 Å². The van der Waals surface area contributed by atoms with Crippen LogP contribution in [0.4, 0.5) is 0 Å². The minimum absolute atomic E-state index is 0.304. The van der Waals surface area contributed by atoms with Crippen molar-refractivity contribution in [2.45, 2.75) is 25.8 Å². The standard InChI is InChI=1S/C15H24N2O2/c1-3-4-14(17-9-7-16-8-10-17)13-6-5-12(19-2)11-15(13)18/h5-6,11,14,16,18H,3-4,7-10H2,1-2H3/t14-/m1/s1. The van der Waals surface area contributed by atoms with Crippen LogP contribution in [0, 0.1) is 0 Å². The summed E-state index contributed by atoms with van der Waals surface area (Å²) in [5.74, 6) is 1.05. The van der Waals surface area contributed by atoms with Crippen LogP contribution in [-0.4, -0.2) is 43.3 Å². The summed E-state index contributed by atoms with van der Waals surface area (Å²) in [5.41, 5.74) is 1.02. The highest BCUT2D eigenvalue weighted by Gasteiger charge is 2.23. The maximum atomic E-state index is 10.2. The normalized spacial score (nSPS) is 18.2. The lowest BCUT2D eigenvalue weighted by atomic mass is 9.98. The Hall–Kier alpha value is -1.26. The third-order valence-corrected chi connectivity index (χ3v) is 3.75. The van der Waals surface area contributed by atoms with E-state index in [1.165, 1.54) is 0 Å². The number of hydrogen-bond acceptors (Lipinski definition) is 4. The molecule has 0 unspecified atom stereocenters. The van der Waals surface area contributed by atoms with Crippen LogP contribution in [0.15, 0.2) is 18.2 Å². The molecule has 1 aliphatic heterocycles. The van der Waals surface area contributed by atoms with Gasteiger partial charge in [0.15, 0.2) is 0 Å². The highest BCUT2D eigenvalue weighted by atomic mass is 16.5. The van der Waals surface area contributed by atoms with Crippen molar-refractivity contribution in [3.63, 3.8) is 0 Å². The fourth-order valence-electron chi connectivity index (χ4n) is 2.73. The highest BCUT2D eigenvalue weighted by Crippen LogP contribution is 2.34. The van der Waals surface area contributed by atoms with Crippen LogP contribution in [-0.2, 0) is 0 Å². The van der Waals surface area contributed by atoms with Crippen LogP contribution in [0.3, 0.4) is 0 Å². The van der Waals surface area contributed by atoms with Crippen LogP contribution in [0.2, 0.25) is 0 Å². The van der Waals surface area contributed by atoms with Crippen LogP contribution in [0.5, 0.6) is 11.5 Å². The second kappa shape index (κ2) is 6.78. The maximum Gasteiger partial charge on any atom is 0.124 e. The summed E-state index contributed by atoms with van der Waals surface area (Å²) in [7, 11) is 1.62. The summed E-state index contributed by atoms with van der Waals surface area (Å²) in [6.45, 7) is 6.32. The van der Waals surface area contributed by atoms with Crippen molar-refractivity contribution in [1.82, 2.24) is 10.2 Å². The number of rotatable bonds is 5. The molecular formula is C15H24N2O2. The third kappa shape index (κ3) is 3.39. The van der Waals surface area contributed by atoms with E-state index in [9.17, 15) is 5.11 Å². The van der Waals surface area contributed by atoms with Gasteiger partial charge in [-0.05, 0) is 12.5 Å². The van der Waals surface area contributed by atoms with Crippen LogP contribution >= 0.6 is 0 Å². The smallest absolute Gasteiger partial charge is 0.124 e. The molecule has 0 aromatic heterocycles. The summed E-state index contributed by atoms with van der Waals surface area (Å²) in [5, 5.41) is 13.6. The van der Waals surface area contributed by atoms with Crippen molar-refractivity contribution in [2.24, 2.45) is 0 Å². The number of phenolic OH excluding ortho intramolecular Hbond substituents is 1. The van der Waals surface area contributed by atoms with Gasteiger partial charge in [-0.3, -0.25) is 4.90 Å². The fraction of sp³-hybridized carbons (Fsp3) is 0.600. The first-order valence-electron chi connectivity index (χ1n) is 7.08. The lowest BCUT2D eigenvalue weighted by Crippen LogP contribution is -2.45. The van der Waals surface area contributed by atoms with Crippen LogP contribution < -0.4 is 10.1 Å². The zero-order valence-electron chi connectivity index (χ0n) is 11.9. The molecular weight excluding hydrogens is 240 g/mol. The molecule has 0 spiro atoms. The average molecular weight is 264 g/mol. The van der Waals surface area contributed by atoms with Gasteiger partial charge in [-0.15, -0.1) is 0 Å². The maximum absolute atomic E-state index is 10.2. The second-order valence-electron chi connectivity index (χ2n) is 5.02. The number of aromatic hydroxyl groups is 1. The molecule has 0 saturated carbocycles. The summed E-state index contributed by atoms with van der Waals surface area (Å²) >= 11 is 0. The molecule has 0 radical (unpaired) electrons. The van der Waals surface area contributed by atoms with E-state index in [0.29, 0.717) is 17.5 Å². The average Bonchev–Trinajstić information content (AvgIpc) is 2.46. The first-order valence-corrected chi connectivity index (χ1v) is 7.08. The first-order chi connectivity index (χ1) is 9.26. The Morgan fingerprint density at radius 3 is 2.68 bits per heavy atom. The molecule has 106 valence electrons. The predicted molar refractivity (Wildman–Crippen MR) is 76.8 cm³/mol. The Labute approximate surface area is 115 Å². The van der Waals surface area contributed by atoms with Crippen LogP contribution in [0.1, 0.15) is 31.4 Å². The van der Waals surface area contributed by atoms with E-state index < -0.39 is 0 Å². The lowest BCUT2D eigenvalue weighted by Gasteiger charge is -2.35. The van der Waals surface area contributed by atoms with E-state index in [4.69, 9.17) is 4.74 Å². The molecule has 0 amide bonds. The Morgan fingerprint density at radius 2 is 2.11 bits per heavy atom. The Bertz CT molecular complexity index is 403. The molecule has 2 N–H and O–H groups in total. The van der Waals surface area contributed by atoms with Gasteiger partial charge in [0.1, 0.15) is 11.5 Å². The summed E-state index contributed by atoms with van der Waals surface area (Å²) in [6, 6.07) is 5.94. The van der Waals surface area contributed by atoms with Crippen molar-refractivity contribution in [1.29, 1.82) is 0 Å². The van der Waals surface area contributed by atoms with E-state index in [2.05, 4.69) is 17.1 Å². The zero-order valence-corrected chi connectivity index (χ0v) is 11.9. The quantitative estimate of drug-likeness (QED) is 0.855. The molecule has 19 heavy (non-hydrogen) atoms. The molecule has 4 nitrogen and oxygen atoms in total. The Kier molecular flexibility index (Phi) is 5.05. The fourth-order valence-corrected chi connectivity index (χ4v) is 2.73. The summed E-state index contributed by atoms with van der Waals surface area (Å²) in [6.07, 6.45) is 2.18.